The molecule has 6 nitrogen and oxygen atoms in total. The fraction of sp³-hybridized carbons (Fsp3) is 0.455. The second kappa shape index (κ2) is 5.70. The summed E-state index contributed by atoms with van der Waals surface area (Å²) in [4.78, 5) is 0. The smallest absolute Gasteiger partial charge is 0.416 e. The van der Waals surface area contributed by atoms with Gasteiger partial charge in [-0.3, -0.25) is 4.72 Å². The van der Waals surface area contributed by atoms with Crippen LogP contribution in [-0.2, 0) is 21.1 Å². The lowest BCUT2D eigenvalue weighted by Crippen LogP contribution is -2.43. The van der Waals surface area contributed by atoms with Gasteiger partial charge >= 0.3 is 16.4 Å². The number of ether oxygens (including phenoxy) is 1. The lowest BCUT2D eigenvalue weighted by molar-refractivity contribution is -0.137. The maximum absolute atomic E-state index is 12.6. The van der Waals surface area contributed by atoms with Gasteiger partial charge in [0, 0.05) is 13.1 Å². The van der Waals surface area contributed by atoms with Crippen LogP contribution in [0.5, 0.6) is 5.75 Å². The largest absolute Gasteiger partial charge is 0.506 e. The first-order valence-electron chi connectivity index (χ1n) is 5.96. The van der Waals surface area contributed by atoms with Gasteiger partial charge in [-0.05, 0) is 18.2 Å². The van der Waals surface area contributed by atoms with Crippen molar-refractivity contribution in [2.75, 3.05) is 31.0 Å². The molecule has 0 bridgehead atoms. The number of halogens is 3. The summed E-state index contributed by atoms with van der Waals surface area (Å²) in [5, 5.41) is 9.52. The number of aromatic hydroxyl groups is 1. The Morgan fingerprint density at radius 2 is 1.86 bits per heavy atom. The first-order chi connectivity index (χ1) is 9.70. The summed E-state index contributed by atoms with van der Waals surface area (Å²) in [6, 6.07) is 2.01. The van der Waals surface area contributed by atoms with E-state index in [-0.39, 0.29) is 26.3 Å². The maximum atomic E-state index is 12.6. The Balaban J connectivity index is 2.26. The second-order valence-electron chi connectivity index (χ2n) is 4.35. The zero-order valence-electron chi connectivity index (χ0n) is 10.7. The van der Waals surface area contributed by atoms with Crippen LogP contribution in [-0.4, -0.2) is 44.1 Å². The third kappa shape index (κ3) is 3.77. The number of benzene rings is 1. The molecule has 0 spiro atoms. The average molecular weight is 326 g/mol. The molecule has 118 valence electrons. The van der Waals surface area contributed by atoms with Crippen LogP contribution in [0.3, 0.4) is 0 Å². The molecule has 0 atom stereocenters. The summed E-state index contributed by atoms with van der Waals surface area (Å²) in [7, 11) is -4.05. The summed E-state index contributed by atoms with van der Waals surface area (Å²) < 4.78 is 69.9. The van der Waals surface area contributed by atoms with Gasteiger partial charge in [0.2, 0.25) is 0 Å². The van der Waals surface area contributed by atoms with E-state index >= 15 is 0 Å². The Labute approximate surface area is 119 Å². The van der Waals surface area contributed by atoms with E-state index in [1.54, 1.807) is 0 Å². The maximum Gasteiger partial charge on any atom is 0.416 e. The van der Waals surface area contributed by atoms with E-state index < -0.39 is 33.4 Å². The summed E-state index contributed by atoms with van der Waals surface area (Å²) in [6.07, 6.45) is -4.63. The van der Waals surface area contributed by atoms with E-state index in [1.807, 2.05) is 4.72 Å². The number of nitrogens with one attached hydrogen (secondary N) is 1. The molecule has 1 aromatic carbocycles. The van der Waals surface area contributed by atoms with Gasteiger partial charge in [0.25, 0.3) is 0 Å². The molecular formula is C11H13F3N2O4S. The van der Waals surface area contributed by atoms with Gasteiger partial charge in [0.15, 0.2) is 0 Å². The highest BCUT2D eigenvalue weighted by Gasteiger charge is 2.32. The Morgan fingerprint density at radius 3 is 2.43 bits per heavy atom. The average Bonchev–Trinajstić information content (AvgIpc) is 2.41. The number of nitrogens with zero attached hydrogens (tertiary/aromatic N) is 1. The Hall–Kier alpha value is -1.52. The minimum atomic E-state index is -4.63. The lowest BCUT2D eigenvalue weighted by atomic mass is 10.2. The van der Waals surface area contributed by atoms with E-state index in [1.165, 1.54) is 0 Å². The van der Waals surface area contributed by atoms with Crippen molar-refractivity contribution in [3.8, 4) is 5.75 Å². The molecule has 1 aromatic rings. The zero-order valence-corrected chi connectivity index (χ0v) is 11.5. The van der Waals surface area contributed by atoms with Crippen molar-refractivity contribution in [1.82, 2.24) is 4.31 Å². The number of phenols is 1. The SMILES string of the molecule is O=S(=O)(Nc1cc(C(F)(F)F)ccc1O)N1CCOCC1. The lowest BCUT2D eigenvalue weighted by Gasteiger charge is -2.26. The molecule has 21 heavy (non-hydrogen) atoms. The third-order valence-electron chi connectivity index (χ3n) is 2.87. The molecular weight excluding hydrogens is 313 g/mol. The molecule has 1 aliphatic rings. The number of hydrogen-bond acceptors (Lipinski definition) is 4. The van der Waals surface area contributed by atoms with Crippen LogP contribution in [0.1, 0.15) is 5.56 Å². The molecule has 2 rings (SSSR count). The number of morpholine rings is 1. The van der Waals surface area contributed by atoms with Gasteiger partial charge in [0.05, 0.1) is 24.5 Å². The molecule has 1 saturated heterocycles. The summed E-state index contributed by atoms with van der Waals surface area (Å²) in [5.74, 6) is -0.583. The van der Waals surface area contributed by atoms with Crippen LogP contribution in [0, 0.1) is 0 Å². The van der Waals surface area contributed by atoms with Gasteiger partial charge in [0.1, 0.15) is 5.75 Å². The molecule has 0 unspecified atom stereocenters. The second-order valence-corrected chi connectivity index (χ2v) is 6.02. The third-order valence-corrected chi connectivity index (χ3v) is 4.40. The zero-order chi connectivity index (χ0) is 15.7. The molecule has 0 aromatic heterocycles. The van der Waals surface area contributed by atoms with Crippen molar-refractivity contribution < 1.29 is 31.4 Å². The Kier molecular flexibility index (Phi) is 4.30. The standard InChI is InChI=1S/C11H13F3N2O4S/c12-11(13,14)8-1-2-10(17)9(7-8)15-21(18,19)16-3-5-20-6-4-16/h1-2,7,15,17H,3-6H2. The van der Waals surface area contributed by atoms with Crippen LogP contribution in [0.25, 0.3) is 0 Å². The quantitative estimate of drug-likeness (QED) is 0.823. The topological polar surface area (TPSA) is 78.9 Å². The van der Waals surface area contributed by atoms with E-state index in [4.69, 9.17) is 4.74 Å². The molecule has 0 radical (unpaired) electrons. The molecule has 1 heterocycles. The summed E-state index contributed by atoms with van der Waals surface area (Å²) in [6.45, 7) is 0.592. The summed E-state index contributed by atoms with van der Waals surface area (Å²) in [5.41, 5.74) is -1.57. The van der Waals surface area contributed by atoms with Crippen LogP contribution >= 0.6 is 0 Å². The molecule has 2 N–H and O–H groups in total. The van der Waals surface area contributed by atoms with Crippen molar-refractivity contribution in [3.63, 3.8) is 0 Å². The van der Waals surface area contributed by atoms with E-state index in [0.717, 1.165) is 10.4 Å². The van der Waals surface area contributed by atoms with Gasteiger partial charge in [-0.1, -0.05) is 0 Å². The normalized spacial score (nSPS) is 17.7. The van der Waals surface area contributed by atoms with Gasteiger partial charge in [-0.25, -0.2) is 0 Å². The monoisotopic (exact) mass is 326 g/mol. The van der Waals surface area contributed by atoms with Crippen molar-refractivity contribution in [1.29, 1.82) is 0 Å². The highest BCUT2D eigenvalue weighted by Crippen LogP contribution is 2.35. The van der Waals surface area contributed by atoms with Crippen LogP contribution in [0.15, 0.2) is 18.2 Å². The predicted molar refractivity (Wildman–Crippen MR) is 68.0 cm³/mol. The van der Waals surface area contributed by atoms with Crippen molar-refractivity contribution >= 4 is 15.9 Å². The molecule has 0 aliphatic carbocycles. The molecule has 1 fully saturated rings. The highest BCUT2D eigenvalue weighted by molar-refractivity contribution is 7.90. The molecule has 10 heteroatoms. The van der Waals surface area contributed by atoms with Crippen molar-refractivity contribution in [3.05, 3.63) is 23.8 Å². The Bertz CT molecular complexity index is 612. The molecule has 1 aliphatic heterocycles. The van der Waals surface area contributed by atoms with Crippen LogP contribution < -0.4 is 4.72 Å². The van der Waals surface area contributed by atoms with Crippen molar-refractivity contribution in [2.24, 2.45) is 0 Å². The van der Waals surface area contributed by atoms with E-state index in [2.05, 4.69) is 0 Å². The number of alkyl halides is 3. The molecule has 0 saturated carbocycles. The fourth-order valence-corrected chi connectivity index (χ4v) is 2.98. The van der Waals surface area contributed by atoms with Gasteiger partial charge < -0.3 is 9.84 Å². The number of hydrogen-bond donors (Lipinski definition) is 2. The van der Waals surface area contributed by atoms with E-state index in [9.17, 15) is 26.7 Å². The summed E-state index contributed by atoms with van der Waals surface area (Å²) >= 11 is 0. The highest BCUT2D eigenvalue weighted by atomic mass is 32.2. The first kappa shape index (κ1) is 15.9. The van der Waals surface area contributed by atoms with Crippen LogP contribution in [0.2, 0.25) is 0 Å². The molecule has 0 amide bonds. The number of rotatable bonds is 3. The first-order valence-corrected chi connectivity index (χ1v) is 7.40. The van der Waals surface area contributed by atoms with Gasteiger partial charge in [-0.2, -0.15) is 25.9 Å². The minimum Gasteiger partial charge on any atom is -0.506 e. The predicted octanol–water partition coefficient (Wildman–Crippen LogP) is 1.40. The van der Waals surface area contributed by atoms with Crippen molar-refractivity contribution in [2.45, 2.75) is 6.18 Å². The Morgan fingerprint density at radius 1 is 1.24 bits per heavy atom. The van der Waals surface area contributed by atoms with Gasteiger partial charge in [-0.15, -0.1) is 0 Å². The van der Waals surface area contributed by atoms with Crippen LogP contribution in [0.4, 0.5) is 18.9 Å². The number of anilines is 1. The fourth-order valence-electron chi connectivity index (χ4n) is 1.78. The number of phenolic OH excluding ortho intramolecular Hbond substituents is 1. The van der Waals surface area contributed by atoms with E-state index in [0.29, 0.717) is 12.1 Å². The minimum absolute atomic E-state index is 0.0923.